The number of halogens is 1. The first-order valence-electron chi connectivity index (χ1n) is 7.62. The number of benzene rings is 2. The van der Waals surface area contributed by atoms with Gasteiger partial charge in [-0.1, -0.05) is 48.0 Å². The van der Waals surface area contributed by atoms with Crippen LogP contribution in [0.3, 0.4) is 0 Å². The number of ether oxygens (including phenoxy) is 1. The lowest BCUT2D eigenvalue weighted by molar-refractivity contribution is -0.125. The van der Waals surface area contributed by atoms with Crippen molar-refractivity contribution in [1.82, 2.24) is 4.98 Å². The molecule has 2 aromatic carbocycles. The van der Waals surface area contributed by atoms with Crippen molar-refractivity contribution in [3.8, 4) is 11.3 Å². The molecule has 1 atom stereocenters. The molecule has 5 nitrogen and oxygen atoms in total. The van der Waals surface area contributed by atoms with Crippen LogP contribution >= 0.6 is 11.6 Å². The predicted octanol–water partition coefficient (Wildman–Crippen LogP) is 3.59. The smallest absolute Gasteiger partial charge is 0.339 e. The number of hydrogen-bond acceptors (Lipinski definition) is 4. The number of aromatic nitrogens is 1. The average Bonchev–Trinajstić information content (AvgIpc) is 2.61. The van der Waals surface area contributed by atoms with Gasteiger partial charge < -0.3 is 10.5 Å². The zero-order valence-corrected chi connectivity index (χ0v) is 14.2. The molecule has 0 unspecified atom stereocenters. The van der Waals surface area contributed by atoms with Crippen molar-refractivity contribution in [1.29, 1.82) is 0 Å². The Kier molecular flexibility index (Phi) is 4.67. The van der Waals surface area contributed by atoms with E-state index in [0.717, 1.165) is 0 Å². The second kappa shape index (κ2) is 6.91. The van der Waals surface area contributed by atoms with Crippen LogP contribution in [0.25, 0.3) is 22.2 Å². The third kappa shape index (κ3) is 3.46. The van der Waals surface area contributed by atoms with Crippen molar-refractivity contribution in [2.75, 3.05) is 0 Å². The van der Waals surface area contributed by atoms with E-state index < -0.39 is 18.0 Å². The number of para-hydroxylation sites is 1. The summed E-state index contributed by atoms with van der Waals surface area (Å²) in [5.74, 6) is -1.35. The lowest BCUT2D eigenvalue weighted by atomic mass is 10.0. The van der Waals surface area contributed by atoms with Crippen LogP contribution in [-0.2, 0) is 9.53 Å². The number of rotatable bonds is 4. The zero-order chi connectivity index (χ0) is 18.0. The van der Waals surface area contributed by atoms with Crippen LogP contribution in [0.2, 0.25) is 5.02 Å². The summed E-state index contributed by atoms with van der Waals surface area (Å²) in [7, 11) is 0. The number of nitrogens with zero attached hydrogens (tertiary/aromatic N) is 1. The highest BCUT2D eigenvalue weighted by atomic mass is 35.5. The van der Waals surface area contributed by atoms with Gasteiger partial charge in [0.25, 0.3) is 5.91 Å². The maximum atomic E-state index is 12.6. The van der Waals surface area contributed by atoms with E-state index in [1.807, 2.05) is 24.3 Å². The molecular formula is C19H15ClN2O3. The van der Waals surface area contributed by atoms with Gasteiger partial charge in [0, 0.05) is 16.0 Å². The molecule has 0 saturated heterocycles. The Labute approximate surface area is 149 Å². The minimum atomic E-state index is -1.02. The van der Waals surface area contributed by atoms with Crippen molar-refractivity contribution >= 4 is 34.4 Å². The lowest BCUT2D eigenvalue weighted by Crippen LogP contribution is -2.30. The fraction of sp³-hybridized carbons (Fsp3) is 0.105. The standard InChI is InChI=1S/C19H15ClN2O3/c1-11(18(21)23)25-19(24)14-10-17(13-7-2-4-8-15(13)20)22-16-9-5-3-6-12(14)16/h2-11H,1H3,(H2,21,23)/t11-/m0/s1. The molecular weight excluding hydrogens is 340 g/mol. The van der Waals surface area contributed by atoms with E-state index in [9.17, 15) is 9.59 Å². The van der Waals surface area contributed by atoms with Crippen molar-refractivity contribution < 1.29 is 14.3 Å². The molecule has 3 aromatic rings. The summed E-state index contributed by atoms with van der Waals surface area (Å²) in [5, 5.41) is 1.15. The SMILES string of the molecule is C[C@H](OC(=O)c1cc(-c2ccccc2Cl)nc2ccccc12)C(N)=O. The Morgan fingerprint density at radius 1 is 1.12 bits per heavy atom. The van der Waals surface area contributed by atoms with Crippen LogP contribution in [0.15, 0.2) is 54.6 Å². The summed E-state index contributed by atoms with van der Waals surface area (Å²) in [6, 6.07) is 16.0. The Balaban J connectivity index is 2.15. The molecule has 3 rings (SSSR count). The molecule has 0 aliphatic carbocycles. The fourth-order valence-electron chi connectivity index (χ4n) is 2.43. The number of nitrogens with two attached hydrogens (primary N) is 1. The molecule has 0 aliphatic heterocycles. The Hall–Kier alpha value is -2.92. The first kappa shape index (κ1) is 16.9. The van der Waals surface area contributed by atoms with Crippen LogP contribution in [0.4, 0.5) is 0 Å². The van der Waals surface area contributed by atoms with Crippen molar-refractivity contribution in [3.63, 3.8) is 0 Å². The second-order valence-corrected chi connectivity index (χ2v) is 5.91. The normalized spacial score (nSPS) is 11.9. The minimum absolute atomic E-state index is 0.300. The van der Waals surface area contributed by atoms with E-state index >= 15 is 0 Å². The van der Waals surface area contributed by atoms with Crippen molar-refractivity contribution in [3.05, 3.63) is 65.2 Å². The third-order valence-electron chi connectivity index (χ3n) is 3.77. The number of fused-ring (bicyclic) bond motifs is 1. The molecule has 2 N–H and O–H groups in total. The van der Waals surface area contributed by atoms with E-state index in [2.05, 4.69) is 4.98 Å². The summed E-state index contributed by atoms with van der Waals surface area (Å²) >= 11 is 6.25. The summed E-state index contributed by atoms with van der Waals surface area (Å²) in [6.45, 7) is 1.43. The lowest BCUT2D eigenvalue weighted by Gasteiger charge is -2.13. The summed E-state index contributed by atoms with van der Waals surface area (Å²) in [6.07, 6.45) is -1.02. The van der Waals surface area contributed by atoms with Crippen molar-refractivity contribution in [2.24, 2.45) is 5.73 Å². The van der Waals surface area contributed by atoms with Gasteiger partial charge in [-0.25, -0.2) is 9.78 Å². The van der Waals surface area contributed by atoms with Gasteiger partial charge in [0.2, 0.25) is 0 Å². The van der Waals surface area contributed by atoms with E-state index in [4.69, 9.17) is 22.1 Å². The first-order valence-corrected chi connectivity index (χ1v) is 8.00. The highest BCUT2D eigenvalue weighted by molar-refractivity contribution is 6.33. The molecule has 0 fully saturated rings. The summed E-state index contributed by atoms with van der Waals surface area (Å²) in [4.78, 5) is 28.3. The fourth-order valence-corrected chi connectivity index (χ4v) is 2.67. The number of esters is 1. The summed E-state index contributed by atoms with van der Waals surface area (Å²) in [5.41, 5.74) is 7.34. The van der Waals surface area contributed by atoms with E-state index in [-0.39, 0.29) is 0 Å². The van der Waals surface area contributed by atoms with Crippen LogP contribution in [-0.4, -0.2) is 23.0 Å². The number of carbonyl (C=O) groups excluding carboxylic acids is 2. The molecule has 25 heavy (non-hydrogen) atoms. The molecule has 0 spiro atoms. The number of pyridine rings is 1. The van der Waals surface area contributed by atoms with Gasteiger partial charge in [-0.2, -0.15) is 0 Å². The molecule has 0 bridgehead atoms. The Bertz CT molecular complexity index is 972. The number of primary amides is 1. The van der Waals surface area contributed by atoms with Crippen LogP contribution in [0.1, 0.15) is 17.3 Å². The minimum Gasteiger partial charge on any atom is -0.449 e. The number of amides is 1. The third-order valence-corrected chi connectivity index (χ3v) is 4.10. The van der Waals surface area contributed by atoms with Gasteiger partial charge in [0.15, 0.2) is 6.10 Å². The Morgan fingerprint density at radius 2 is 1.80 bits per heavy atom. The number of carbonyl (C=O) groups is 2. The largest absolute Gasteiger partial charge is 0.449 e. The number of hydrogen-bond donors (Lipinski definition) is 1. The average molecular weight is 355 g/mol. The maximum absolute atomic E-state index is 12.6. The van der Waals surface area contributed by atoms with E-state index in [1.165, 1.54) is 6.92 Å². The van der Waals surface area contributed by atoms with E-state index in [1.54, 1.807) is 30.3 Å². The second-order valence-electron chi connectivity index (χ2n) is 5.50. The first-order chi connectivity index (χ1) is 12.0. The molecule has 1 heterocycles. The van der Waals surface area contributed by atoms with Gasteiger partial charge in [-0.3, -0.25) is 4.79 Å². The van der Waals surface area contributed by atoms with E-state index in [0.29, 0.717) is 32.7 Å². The quantitative estimate of drug-likeness (QED) is 0.726. The van der Waals surface area contributed by atoms with Crippen LogP contribution < -0.4 is 5.73 Å². The van der Waals surface area contributed by atoms with Gasteiger partial charge in [-0.05, 0) is 25.1 Å². The van der Waals surface area contributed by atoms with Gasteiger partial charge in [0.05, 0.1) is 16.8 Å². The highest BCUT2D eigenvalue weighted by Gasteiger charge is 2.20. The van der Waals surface area contributed by atoms with Gasteiger partial charge in [-0.15, -0.1) is 0 Å². The van der Waals surface area contributed by atoms with Gasteiger partial charge >= 0.3 is 5.97 Å². The van der Waals surface area contributed by atoms with Gasteiger partial charge in [0.1, 0.15) is 0 Å². The molecule has 1 amide bonds. The summed E-state index contributed by atoms with van der Waals surface area (Å²) < 4.78 is 5.15. The molecule has 0 saturated carbocycles. The van der Waals surface area contributed by atoms with Crippen LogP contribution in [0, 0.1) is 0 Å². The molecule has 0 aliphatic rings. The Morgan fingerprint density at radius 3 is 2.52 bits per heavy atom. The maximum Gasteiger partial charge on any atom is 0.339 e. The van der Waals surface area contributed by atoms with Crippen LogP contribution in [0.5, 0.6) is 0 Å². The highest BCUT2D eigenvalue weighted by Crippen LogP contribution is 2.30. The van der Waals surface area contributed by atoms with Crippen molar-refractivity contribution in [2.45, 2.75) is 13.0 Å². The molecule has 6 heteroatoms. The predicted molar refractivity (Wildman–Crippen MR) is 96.3 cm³/mol. The monoisotopic (exact) mass is 354 g/mol. The molecule has 1 aromatic heterocycles. The topological polar surface area (TPSA) is 82.3 Å². The molecule has 126 valence electrons. The zero-order valence-electron chi connectivity index (χ0n) is 13.4. The molecule has 0 radical (unpaired) electrons.